The van der Waals surface area contributed by atoms with E-state index >= 15 is 0 Å². The van der Waals surface area contributed by atoms with Crippen LogP contribution in [0.5, 0.6) is 0 Å². The third-order valence-electron chi connectivity index (χ3n) is 6.20. The number of thiazole rings is 1. The highest BCUT2D eigenvalue weighted by Crippen LogP contribution is 2.33. The molecule has 4 rings (SSSR count). The molecule has 2 aliphatic rings. The maximum Gasteiger partial charge on any atom is 0.412 e. The van der Waals surface area contributed by atoms with Gasteiger partial charge in [-0.1, -0.05) is 0 Å². The summed E-state index contributed by atoms with van der Waals surface area (Å²) >= 11 is 1.39. The van der Waals surface area contributed by atoms with Gasteiger partial charge in [0.2, 0.25) is 0 Å². The average Bonchev–Trinajstić information content (AvgIpc) is 3.38. The number of ether oxygens (including phenoxy) is 2. The first-order chi connectivity index (χ1) is 19.8. The van der Waals surface area contributed by atoms with E-state index in [-0.39, 0.29) is 23.6 Å². The predicted molar refractivity (Wildman–Crippen MR) is 165 cm³/mol. The second-order valence-electron chi connectivity index (χ2n) is 12.2. The van der Waals surface area contributed by atoms with Crippen molar-refractivity contribution < 1.29 is 23.9 Å². The lowest BCUT2D eigenvalue weighted by atomic mass is 10.0. The number of alkyl carbamates (subject to hydrolysis) is 1. The molecule has 2 aliphatic heterocycles. The number of amides is 3. The van der Waals surface area contributed by atoms with Gasteiger partial charge < -0.3 is 25.0 Å². The molecule has 0 radical (unpaired) electrons. The van der Waals surface area contributed by atoms with Gasteiger partial charge >= 0.3 is 12.2 Å². The molecule has 42 heavy (non-hydrogen) atoms. The molecule has 0 aliphatic carbocycles. The van der Waals surface area contributed by atoms with E-state index in [2.05, 4.69) is 36.0 Å². The molecule has 2 unspecified atom stereocenters. The largest absolute Gasteiger partial charge is 0.444 e. The van der Waals surface area contributed by atoms with Crippen LogP contribution >= 0.6 is 11.3 Å². The van der Waals surface area contributed by atoms with Gasteiger partial charge in [-0.3, -0.25) is 10.1 Å². The molecule has 1 saturated heterocycles. The van der Waals surface area contributed by atoms with Crippen LogP contribution in [0.3, 0.4) is 0 Å². The first-order valence-corrected chi connectivity index (χ1v) is 14.8. The van der Waals surface area contributed by atoms with E-state index in [9.17, 15) is 14.4 Å². The smallest absolute Gasteiger partial charge is 0.412 e. The number of carbonyl (C=O) groups is 3. The number of rotatable bonds is 6. The van der Waals surface area contributed by atoms with Crippen molar-refractivity contribution in [2.75, 3.05) is 28.6 Å². The van der Waals surface area contributed by atoms with E-state index in [1.165, 1.54) is 11.3 Å². The fraction of sp³-hybridized carbons (Fsp3) is 0.517. The summed E-state index contributed by atoms with van der Waals surface area (Å²) < 4.78 is 10.8. The molecule has 0 bridgehead atoms. The van der Waals surface area contributed by atoms with Gasteiger partial charge in [-0.05, 0) is 79.0 Å². The van der Waals surface area contributed by atoms with Crippen molar-refractivity contribution in [2.24, 2.45) is 10.2 Å². The number of aromatic nitrogens is 1. The normalized spacial score (nSPS) is 18.8. The van der Waals surface area contributed by atoms with Crippen LogP contribution in [0.15, 0.2) is 33.8 Å². The summed E-state index contributed by atoms with van der Waals surface area (Å²) in [6.07, 6.45) is 4.68. The van der Waals surface area contributed by atoms with Crippen molar-refractivity contribution in [1.29, 1.82) is 0 Å². The molecule has 2 aromatic rings. The van der Waals surface area contributed by atoms with Gasteiger partial charge in [0.15, 0.2) is 0 Å². The summed E-state index contributed by atoms with van der Waals surface area (Å²) in [6, 6.07) is 5.14. The van der Waals surface area contributed by atoms with E-state index < -0.39 is 23.4 Å². The molecule has 1 aromatic heterocycles. The van der Waals surface area contributed by atoms with E-state index in [0.29, 0.717) is 24.3 Å². The maximum absolute atomic E-state index is 13.4. The van der Waals surface area contributed by atoms with Crippen molar-refractivity contribution in [2.45, 2.75) is 84.0 Å². The topological polar surface area (TPSA) is 147 Å². The zero-order valence-corrected chi connectivity index (χ0v) is 25.7. The van der Waals surface area contributed by atoms with Crippen LogP contribution in [-0.2, 0) is 9.47 Å². The molecule has 3 heterocycles. The zero-order valence-electron chi connectivity index (χ0n) is 24.9. The Kier molecular flexibility index (Phi) is 9.50. The first-order valence-electron chi connectivity index (χ1n) is 14.0. The van der Waals surface area contributed by atoms with E-state index in [0.717, 1.165) is 30.1 Å². The van der Waals surface area contributed by atoms with Crippen LogP contribution in [0.1, 0.15) is 82.2 Å². The second-order valence-corrected chi connectivity index (χ2v) is 13.1. The summed E-state index contributed by atoms with van der Waals surface area (Å²) in [5.41, 5.74) is 0.723. The molecule has 0 spiro atoms. The van der Waals surface area contributed by atoms with Crippen LogP contribution in [-0.4, -0.2) is 65.8 Å². The van der Waals surface area contributed by atoms with E-state index in [1.54, 1.807) is 50.7 Å². The molecular formula is C29H39N7O5S. The lowest BCUT2D eigenvalue weighted by Gasteiger charge is -2.36. The number of nitrogens with one attached hydrogen (secondary N) is 3. The Bertz CT molecular complexity index is 1360. The summed E-state index contributed by atoms with van der Waals surface area (Å²) in [6.45, 7) is 12.1. The van der Waals surface area contributed by atoms with Crippen LogP contribution < -0.4 is 20.9 Å². The number of anilines is 3. The first kappa shape index (κ1) is 30.9. The SMILES string of the molecule is CC(C)(C)OC(=O)Nc1ccc(N2CCCC(NC(=O)OC(C)(C)C)C2)c(NC(=O)c2csc(C3C=NN=CC3)n2)c1. The number of carbonyl (C=O) groups excluding carboxylic acids is 3. The Hall–Kier alpha value is -4.00. The third-order valence-corrected chi connectivity index (χ3v) is 7.18. The Morgan fingerprint density at radius 1 is 1.00 bits per heavy atom. The molecule has 13 heteroatoms. The van der Waals surface area contributed by atoms with Crippen LogP contribution in [0, 0.1) is 0 Å². The van der Waals surface area contributed by atoms with Crippen LogP contribution in [0.4, 0.5) is 26.7 Å². The lowest BCUT2D eigenvalue weighted by Crippen LogP contribution is -2.49. The van der Waals surface area contributed by atoms with Gasteiger partial charge in [0.1, 0.15) is 21.9 Å². The Morgan fingerprint density at radius 3 is 2.43 bits per heavy atom. The summed E-state index contributed by atoms with van der Waals surface area (Å²) in [5, 5.41) is 19.0. The number of benzene rings is 1. The summed E-state index contributed by atoms with van der Waals surface area (Å²) in [7, 11) is 0. The molecule has 12 nitrogen and oxygen atoms in total. The molecule has 226 valence electrons. The van der Waals surface area contributed by atoms with Crippen molar-refractivity contribution >= 4 is 58.9 Å². The minimum atomic E-state index is -0.664. The van der Waals surface area contributed by atoms with Gasteiger partial charge in [-0.2, -0.15) is 10.2 Å². The number of hydrogen-bond acceptors (Lipinski definition) is 10. The fourth-order valence-electron chi connectivity index (χ4n) is 4.50. The number of nitrogens with zero attached hydrogens (tertiary/aromatic N) is 4. The highest BCUT2D eigenvalue weighted by Gasteiger charge is 2.27. The standard InChI is InChI=1S/C29H39N7O5S/c1-28(2,3)40-26(38)32-19-9-10-23(36-13-7-8-20(16-36)33-27(39)41-29(4,5)6)21(14-19)34-24(37)22-17-42-25(35-22)18-11-12-30-31-15-18/h9-10,12,14-15,17-18,20H,7-8,11,13,16H2,1-6H3,(H,32,38)(H,33,39)(H,34,37). The molecule has 2 atom stereocenters. The average molecular weight is 598 g/mol. The monoisotopic (exact) mass is 597 g/mol. The third kappa shape index (κ3) is 9.00. The molecule has 3 amide bonds. The minimum absolute atomic E-state index is 0.0197. The van der Waals surface area contributed by atoms with E-state index in [4.69, 9.17) is 9.47 Å². The summed E-state index contributed by atoms with van der Waals surface area (Å²) in [4.78, 5) is 44.9. The quantitative estimate of drug-likeness (QED) is 0.382. The van der Waals surface area contributed by atoms with Gasteiger partial charge in [0, 0.05) is 42.6 Å². The van der Waals surface area contributed by atoms with Gasteiger partial charge in [0.25, 0.3) is 5.91 Å². The Balaban J connectivity index is 1.55. The van der Waals surface area contributed by atoms with Crippen LogP contribution in [0.25, 0.3) is 0 Å². The number of piperidine rings is 1. The van der Waals surface area contributed by atoms with Crippen molar-refractivity contribution in [3.8, 4) is 0 Å². The van der Waals surface area contributed by atoms with Gasteiger partial charge in [0.05, 0.1) is 17.3 Å². The zero-order chi connectivity index (χ0) is 30.5. The Morgan fingerprint density at radius 2 is 1.74 bits per heavy atom. The van der Waals surface area contributed by atoms with Crippen molar-refractivity contribution in [3.63, 3.8) is 0 Å². The Labute approximate surface area is 250 Å². The molecule has 1 aromatic carbocycles. The molecule has 3 N–H and O–H groups in total. The van der Waals surface area contributed by atoms with Crippen molar-refractivity contribution in [3.05, 3.63) is 34.3 Å². The van der Waals surface area contributed by atoms with E-state index in [1.807, 2.05) is 26.8 Å². The lowest BCUT2D eigenvalue weighted by molar-refractivity contribution is 0.0499. The molecule has 1 fully saturated rings. The van der Waals surface area contributed by atoms with Gasteiger partial charge in [-0.25, -0.2) is 14.6 Å². The van der Waals surface area contributed by atoms with Gasteiger partial charge in [-0.15, -0.1) is 11.3 Å². The fourth-order valence-corrected chi connectivity index (χ4v) is 5.37. The highest BCUT2D eigenvalue weighted by atomic mass is 32.1. The second kappa shape index (κ2) is 12.9. The molecule has 0 saturated carbocycles. The van der Waals surface area contributed by atoms with Crippen molar-refractivity contribution in [1.82, 2.24) is 10.3 Å². The van der Waals surface area contributed by atoms with Crippen LogP contribution in [0.2, 0.25) is 0 Å². The maximum atomic E-state index is 13.4. The number of hydrogen-bond donors (Lipinski definition) is 3. The minimum Gasteiger partial charge on any atom is -0.444 e. The summed E-state index contributed by atoms with van der Waals surface area (Å²) in [5.74, 6) is -0.399. The highest BCUT2D eigenvalue weighted by molar-refractivity contribution is 7.10. The predicted octanol–water partition coefficient (Wildman–Crippen LogP) is 5.78. The molecular weight excluding hydrogens is 558 g/mol.